The molecule has 9 aromatic rings. The Morgan fingerprint density at radius 3 is 1.65 bits per heavy atom. The molecule has 0 spiro atoms. The SMILES string of the molecule is c1ccc(-c2nc3c(-c4ccc(N(c5ccccc5)c5ccc(-c6cccc7ccccc67)cc5)cc4)cc4ccccc4c3o2)cc1. The molecule has 0 fully saturated rings. The molecule has 226 valence electrons. The molecule has 9 rings (SSSR count). The number of hydrogen-bond acceptors (Lipinski definition) is 3. The lowest BCUT2D eigenvalue weighted by Crippen LogP contribution is -2.09. The number of para-hydroxylation sites is 1. The van der Waals surface area contributed by atoms with E-state index >= 15 is 0 Å². The normalized spacial score (nSPS) is 11.3. The van der Waals surface area contributed by atoms with Gasteiger partial charge in [0.15, 0.2) is 5.58 Å². The predicted molar refractivity (Wildman–Crippen MR) is 200 cm³/mol. The van der Waals surface area contributed by atoms with Crippen molar-refractivity contribution in [2.24, 2.45) is 0 Å². The van der Waals surface area contributed by atoms with Gasteiger partial charge in [0.2, 0.25) is 5.89 Å². The van der Waals surface area contributed by atoms with E-state index in [0.717, 1.165) is 55.6 Å². The third-order valence-electron chi connectivity index (χ3n) is 9.09. The molecule has 0 saturated heterocycles. The predicted octanol–water partition coefficient (Wildman–Crippen LogP) is 12.6. The van der Waals surface area contributed by atoms with Gasteiger partial charge in [-0.1, -0.05) is 127 Å². The Morgan fingerprint density at radius 2 is 0.938 bits per heavy atom. The first kappa shape index (κ1) is 27.8. The van der Waals surface area contributed by atoms with Gasteiger partial charge < -0.3 is 9.32 Å². The van der Waals surface area contributed by atoms with Crippen LogP contribution in [0, 0.1) is 0 Å². The smallest absolute Gasteiger partial charge is 0.227 e. The van der Waals surface area contributed by atoms with Crippen LogP contribution in [0.2, 0.25) is 0 Å². The molecule has 0 amide bonds. The summed E-state index contributed by atoms with van der Waals surface area (Å²) in [5.41, 5.74) is 10.5. The third kappa shape index (κ3) is 4.90. The second-order valence-electron chi connectivity index (χ2n) is 12.0. The minimum Gasteiger partial charge on any atom is -0.435 e. The number of benzene rings is 8. The first-order valence-electron chi connectivity index (χ1n) is 16.2. The molecule has 0 aliphatic rings. The first-order valence-corrected chi connectivity index (χ1v) is 16.2. The highest BCUT2D eigenvalue weighted by atomic mass is 16.3. The number of aromatic nitrogens is 1. The maximum Gasteiger partial charge on any atom is 0.227 e. The molecule has 0 atom stereocenters. The minimum atomic E-state index is 0.627. The van der Waals surface area contributed by atoms with Crippen LogP contribution in [0.1, 0.15) is 0 Å². The summed E-state index contributed by atoms with van der Waals surface area (Å²) in [5.74, 6) is 0.627. The van der Waals surface area contributed by atoms with Crippen molar-refractivity contribution in [3.63, 3.8) is 0 Å². The van der Waals surface area contributed by atoms with Crippen LogP contribution in [0.5, 0.6) is 0 Å². The Kier molecular flexibility index (Phi) is 6.80. The molecule has 0 aliphatic carbocycles. The maximum atomic E-state index is 6.45. The Hall–Kier alpha value is -6.45. The fraction of sp³-hybridized carbons (Fsp3) is 0. The Labute approximate surface area is 279 Å². The van der Waals surface area contributed by atoms with E-state index in [1.54, 1.807) is 0 Å². The summed E-state index contributed by atoms with van der Waals surface area (Å²) in [4.78, 5) is 7.34. The van der Waals surface area contributed by atoms with E-state index in [1.807, 2.05) is 36.4 Å². The molecule has 1 aromatic heterocycles. The van der Waals surface area contributed by atoms with Crippen LogP contribution in [-0.2, 0) is 0 Å². The van der Waals surface area contributed by atoms with Gasteiger partial charge in [0.05, 0.1) is 0 Å². The van der Waals surface area contributed by atoms with Gasteiger partial charge in [0.1, 0.15) is 5.52 Å². The van der Waals surface area contributed by atoms with Crippen LogP contribution >= 0.6 is 0 Å². The van der Waals surface area contributed by atoms with Crippen LogP contribution in [0.15, 0.2) is 186 Å². The molecule has 1 heterocycles. The number of rotatable bonds is 6. The summed E-state index contributed by atoms with van der Waals surface area (Å²) >= 11 is 0. The molecular weight excluding hydrogens is 585 g/mol. The number of nitrogens with zero attached hydrogens (tertiary/aromatic N) is 2. The minimum absolute atomic E-state index is 0.627. The summed E-state index contributed by atoms with van der Waals surface area (Å²) in [6.45, 7) is 0. The molecule has 0 unspecified atom stereocenters. The van der Waals surface area contributed by atoms with Crippen molar-refractivity contribution in [2.45, 2.75) is 0 Å². The zero-order chi connectivity index (χ0) is 31.9. The topological polar surface area (TPSA) is 29.3 Å². The van der Waals surface area contributed by atoms with Gasteiger partial charge in [-0.2, -0.15) is 0 Å². The van der Waals surface area contributed by atoms with Crippen molar-refractivity contribution in [3.05, 3.63) is 182 Å². The summed E-state index contributed by atoms with van der Waals surface area (Å²) in [6.07, 6.45) is 0. The van der Waals surface area contributed by atoms with Gasteiger partial charge in [-0.15, -0.1) is 0 Å². The molecule has 0 bridgehead atoms. The van der Waals surface area contributed by atoms with Crippen molar-refractivity contribution in [1.82, 2.24) is 4.98 Å². The van der Waals surface area contributed by atoms with Crippen molar-refractivity contribution in [3.8, 4) is 33.7 Å². The fourth-order valence-corrected chi connectivity index (χ4v) is 6.74. The standard InChI is InChI=1S/C45H30N2O/c1-3-13-34(14-4-1)45-46-43-42(30-35-15-8-10-20-41(35)44(43)48-45)33-24-28-38(29-25-33)47(36-17-5-2-6-18-36)37-26-22-32(23-27-37)40-21-11-16-31-12-7-9-19-39(31)40/h1-30H. The fourth-order valence-electron chi connectivity index (χ4n) is 6.74. The van der Waals surface area contributed by atoms with Crippen LogP contribution in [-0.4, -0.2) is 4.98 Å². The summed E-state index contributed by atoms with van der Waals surface area (Å²) in [6, 6.07) is 63.9. The molecule has 3 nitrogen and oxygen atoms in total. The summed E-state index contributed by atoms with van der Waals surface area (Å²) in [7, 11) is 0. The number of hydrogen-bond donors (Lipinski definition) is 0. The molecule has 0 N–H and O–H groups in total. The highest BCUT2D eigenvalue weighted by Gasteiger charge is 2.18. The maximum absolute atomic E-state index is 6.45. The van der Waals surface area contributed by atoms with Crippen LogP contribution in [0.25, 0.3) is 66.4 Å². The van der Waals surface area contributed by atoms with E-state index in [-0.39, 0.29) is 0 Å². The second-order valence-corrected chi connectivity index (χ2v) is 12.0. The summed E-state index contributed by atoms with van der Waals surface area (Å²) in [5, 5.41) is 4.69. The van der Waals surface area contributed by atoms with Gasteiger partial charge in [-0.25, -0.2) is 4.98 Å². The van der Waals surface area contributed by atoms with Crippen molar-refractivity contribution < 1.29 is 4.42 Å². The van der Waals surface area contributed by atoms with Gasteiger partial charge in [-0.05, 0) is 87.4 Å². The van der Waals surface area contributed by atoms with E-state index in [0.29, 0.717) is 5.89 Å². The Bertz CT molecular complexity index is 2530. The Morgan fingerprint density at radius 1 is 0.396 bits per heavy atom. The summed E-state index contributed by atoms with van der Waals surface area (Å²) < 4.78 is 6.45. The van der Waals surface area contributed by atoms with E-state index < -0.39 is 0 Å². The first-order chi connectivity index (χ1) is 23.8. The monoisotopic (exact) mass is 614 g/mol. The molecule has 48 heavy (non-hydrogen) atoms. The van der Waals surface area contributed by atoms with E-state index in [1.165, 1.54) is 21.9 Å². The van der Waals surface area contributed by atoms with Crippen molar-refractivity contribution >= 4 is 49.7 Å². The van der Waals surface area contributed by atoms with Gasteiger partial charge in [0.25, 0.3) is 0 Å². The molecule has 3 heteroatoms. The highest BCUT2D eigenvalue weighted by Crippen LogP contribution is 2.40. The number of fused-ring (bicyclic) bond motifs is 4. The van der Waals surface area contributed by atoms with Gasteiger partial charge >= 0.3 is 0 Å². The zero-order valence-electron chi connectivity index (χ0n) is 26.1. The molecule has 0 saturated carbocycles. The number of anilines is 3. The second kappa shape index (κ2) is 11.7. The quantitative estimate of drug-likeness (QED) is 0.187. The van der Waals surface area contributed by atoms with E-state index in [4.69, 9.17) is 9.40 Å². The van der Waals surface area contributed by atoms with E-state index in [2.05, 4.69) is 150 Å². The van der Waals surface area contributed by atoms with E-state index in [9.17, 15) is 0 Å². The largest absolute Gasteiger partial charge is 0.435 e. The van der Waals surface area contributed by atoms with Gasteiger partial charge in [0, 0.05) is 33.6 Å². The average molecular weight is 615 g/mol. The van der Waals surface area contributed by atoms with Crippen molar-refractivity contribution in [1.29, 1.82) is 0 Å². The zero-order valence-corrected chi connectivity index (χ0v) is 26.1. The lowest BCUT2D eigenvalue weighted by atomic mass is 9.98. The van der Waals surface area contributed by atoms with Gasteiger partial charge in [-0.3, -0.25) is 0 Å². The molecule has 8 aromatic carbocycles. The molecular formula is C45H30N2O. The highest BCUT2D eigenvalue weighted by molar-refractivity contribution is 6.10. The average Bonchev–Trinajstić information content (AvgIpc) is 3.62. The number of oxazole rings is 1. The van der Waals surface area contributed by atoms with Crippen molar-refractivity contribution in [2.75, 3.05) is 4.90 Å². The van der Waals surface area contributed by atoms with Crippen LogP contribution in [0.4, 0.5) is 17.1 Å². The lowest BCUT2D eigenvalue weighted by molar-refractivity contribution is 0.623. The molecule has 0 radical (unpaired) electrons. The Balaban J connectivity index is 1.13. The van der Waals surface area contributed by atoms with Crippen LogP contribution < -0.4 is 4.90 Å². The third-order valence-corrected chi connectivity index (χ3v) is 9.09. The molecule has 0 aliphatic heterocycles. The van der Waals surface area contributed by atoms with Crippen LogP contribution in [0.3, 0.4) is 0 Å². The lowest BCUT2D eigenvalue weighted by Gasteiger charge is -2.26.